The Kier molecular flexibility index (Phi) is 6.42. The zero-order chi connectivity index (χ0) is 11.8. The van der Waals surface area contributed by atoms with Crippen LogP contribution in [0.15, 0.2) is 0 Å². The van der Waals surface area contributed by atoms with Crippen LogP contribution in [0.25, 0.3) is 0 Å². The highest BCUT2D eigenvalue weighted by Gasteiger charge is 2.22. The highest BCUT2D eigenvalue weighted by molar-refractivity contribution is 5.75. The minimum Gasteiger partial charge on any atom is -0.392 e. The molecule has 4 heteroatoms. The van der Waals surface area contributed by atoms with E-state index in [0.29, 0.717) is 13.0 Å². The molecule has 0 heterocycles. The molecule has 1 aliphatic rings. The van der Waals surface area contributed by atoms with Crippen LogP contribution in [0, 0.1) is 0 Å². The van der Waals surface area contributed by atoms with Crippen molar-refractivity contribution in [3.05, 3.63) is 0 Å². The van der Waals surface area contributed by atoms with Gasteiger partial charge in [-0.25, -0.2) is 0 Å². The molecule has 1 aliphatic carbocycles. The number of hydrogen-bond donors (Lipinski definition) is 3. The minimum atomic E-state index is -0.229. The Hall–Kier alpha value is -0.610. The van der Waals surface area contributed by atoms with Gasteiger partial charge in [0.1, 0.15) is 0 Å². The van der Waals surface area contributed by atoms with Crippen LogP contribution < -0.4 is 10.6 Å². The maximum atomic E-state index is 11.3. The highest BCUT2D eigenvalue weighted by atomic mass is 16.3. The van der Waals surface area contributed by atoms with Crippen molar-refractivity contribution in [2.24, 2.45) is 0 Å². The molecular formula is C12H24N2O2. The molecule has 16 heavy (non-hydrogen) atoms. The van der Waals surface area contributed by atoms with Gasteiger partial charge in [-0.2, -0.15) is 0 Å². The second-order valence-corrected chi connectivity index (χ2v) is 4.51. The van der Waals surface area contributed by atoms with Crippen molar-refractivity contribution in [1.82, 2.24) is 10.6 Å². The van der Waals surface area contributed by atoms with Crippen LogP contribution in [-0.4, -0.2) is 36.2 Å². The van der Waals surface area contributed by atoms with Gasteiger partial charge in [0.15, 0.2) is 0 Å². The topological polar surface area (TPSA) is 61.4 Å². The average Bonchev–Trinajstić information content (AvgIpc) is 2.29. The molecule has 0 aromatic carbocycles. The van der Waals surface area contributed by atoms with Gasteiger partial charge in [0.25, 0.3) is 0 Å². The Morgan fingerprint density at radius 2 is 2.06 bits per heavy atom. The third kappa shape index (κ3) is 4.94. The second-order valence-electron chi connectivity index (χ2n) is 4.51. The molecule has 0 bridgehead atoms. The molecule has 0 unspecified atom stereocenters. The minimum absolute atomic E-state index is 0.0969. The van der Waals surface area contributed by atoms with E-state index in [0.717, 1.165) is 32.2 Å². The van der Waals surface area contributed by atoms with Crippen LogP contribution in [0.1, 0.15) is 45.4 Å². The Morgan fingerprint density at radius 1 is 1.31 bits per heavy atom. The van der Waals surface area contributed by atoms with E-state index in [1.807, 2.05) is 6.92 Å². The Balaban J connectivity index is 2.07. The van der Waals surface area contributed by atoms with E-state index in [1.165, 1.54) is 6.42 Å². The predicted octanol–water partition coefficient (Wildman–Crippen LogP) is 0.796. The predicted molar refractivity (Wildman–Crippen MR) is 64.2 cm³/mol. The van der Waals surface area contributed by atoms with Gasteiger partial charge < -0.3 is 15.7 Å². The van der Waals surface area contributed by atoms with Crippen LogP contribution in [0.5, 0.6) is 0 Å². The van der Waals surface area contributed by atoms with E-state index < -0.39 is 0 Å². The molecule has 0 aromatic heterocycles. The van der Waals surface area contributed by atoms with Crippen molar-refractivity contribution < 1.29 is 9.90 Å². The summed E-state index contributed by atoms with van der Waals surface area (Å²) in [6.07, 6.45) is 5.46. The molecule has 94 valence electrons. The van der Waals surface area contributed by atoms with E-state index in [2.05, 4.69) is 10.6 Å². The molecule has 1 fully saturated rings. The van der Waals surface area contributed by atoms with E-state index in [9.17, 15) is 9.90 Å². The number of carbonyl (C=O) groups excluding carboxylic acids is 1. The van der Waals surface area contributed by atoms with Crippen LogP contribution >= 0.6 is 0 Å². The molecule has 0 aliphatic heterocycles. The summed E-state index contributed by atoms with van der Waals surface area (Å²) in [6, 6.07) is 0.188. The Morgan fingerprint density at radius 3 is 2.75 bits per heavy atom. The number of rotatable bonds is 6. The van der Waals surface area contributed by atoms with Crippen molar-refractivity contribution in [2.45, 2.75) is 57.6 Å². The summed E-state index contributed by atoms with van der Waals surface area (Å²) in [5, 5.41) is 15.8. The van der Waals surface area contributed by atoms with Gasteiger partial charge in [-0.05, 0) is 19.3 Å². The molecule has 1 saturated carbocycles. The maximum Gasteiger partial charge on any atom is 0.221 e. The molecule has 1 rings (SSSR count). The molecule has 0 spiro atoms. The summed E-state index contributed by atoms with van der Waals surface area (Å²) in [5.74, 6) is 0.0969. The molecular weight excluding hydrogens is 204 g/mol. The van der Waals surface area contributed by atoms with Crippen molar-refractivity contribution in [1.29, 1.82) is 0 Å². The number of carbonyl (C=O) groups is 1. The SMILES string of the molecule is CCCNC(=O)CCN[C@H]1CCCC[C@@H]1O. The Bertz CT molecular complexity index is 209. The van der Waals surface area contributed by atoms with Gasteiger partial charge in [-0.1, -0.05) is 19.8 Å². The molecule has 3 N–H and O–H groups in total. The smallest absolute Gasteiger partial charge is 0.221 e. The van der Waals surface area contributed by atoms with Crippen molar-refractivity contribution in [3.8, 4) is 0 Å². The quantitative estimate of drug-likeness (QED) is 0.630. The molecule has 2 atom stereocenters. The normalized spacial score (nSPS) is 25.4. The van der Waals surface area contributed by atoms with Crippen LogP contribution in [-0.2, 0) is 4.79 Å². The average molecular weight is 228 g/mol. The zero-order valence-electron chi connectivity index (χ0n) is 10.2. The van der Waals surface area contributed by atoms with E-state index >= 15 is 0 Å². The number of nitrogens with one attached hydrogen (secondary N) is 2. The first-order chi connectivity index (χ1) is 7.74. The number of amides is 1. The highest BCUT2D eigenvalue weighted by Crippen LogP contribution is 2.18. The molecule has 0 radical (unpaired) electrons. The molecule has 1 amide bonds. The van der Waals surface area contributed by atoms with Gasteiger partial charge in [0, 0.05) is 25.6 Å². The first kappa shape index (κ1) is 13.5. The van der Waals surface area contributed by atoms with Crippen LogP contribution in [0.2, 0.25) is 0 Å². The fourth-order valence-electron chi connectivity index (χ4n) is 2.07. The summed E-state index contributed by atoms with van der Waals surface area (Å²) >= 11 is 0. The molecule has 0 saturated heterocycles. The van der Waals surface area contributed by atoms with Gasteiger partial charge in [-0.3, -0.25) is 4.79 Å². The maximum absolute atomic E-state index is 11.3. The van der Waals surface area contributed by atoms with Crippen molar-refractivity contribution >= 4 is 5.91 Å². The third-order valence-electron chi connectivity index (χ3n) is 3.06. The lowest BCUT2D eigenvalue weighted by Gasteiger charge is -2.28. The fraction of sp³-hybridized carbons (Fsp3) is 0.917. The van der Waals surface area contributed by atoms with Gasteiger partial charge in [0.2, 0.25) is 5.91 Å². The first-order valence-corrected chi connectivity index (χ1v) is 6.42. The summed E-state index contributed by atoms with van der Waals surface area (Å²) < 4.78 is 0. The molecule has 0 aromatic rings. The lowest BCUT2D eigenvalue weighted by Crippen LogP contribution is -2.43. The standard InChI is InChI=1S/C12H24N2O2/c1-2-8-14-12(16)7-9-13-10-5-3-4-6-11(10)15/h10-11,13,15H,2-9H2,1H3,(H,14,16)/t10-,11-/m0/s1. The third-order valence-corrected chi connectivity index (χ3v) is 3.06. The van der Waals surface area contributed by atoms with Crippen LogP contribution in [0.3, 0.4) is 0 Å². The summed E-state index contributed by atoms with van der Waals surface area (Å²) in [4.78, 5) is 11.3. The fourth-order valence-corrected chi connectivity index (χ4v) is 2.07. The number of aliphatic hydroxyl groups excluding tert-OH is 1. The van der Waals surface area contributed by atoms with Gasteiger partial charge >= 0.3 is 0 Å². The van der Waals surface area contributed by atoms with Gasteiger partial charge in [0.05, 0.1) is 6.10 Å². The van der Waals surface area contributed by atoms with E-state index in [-0.39, 0.29) is 18.1 Å². The molecule has 4 nitrogen and oxygen atoms in total. The zero-order valence-corrected chi connectivity index (χ0v) is 10.2. The lowest BCUT2D eigenvalue weighted by atomic mass is 9.92. The number of hydrogen-bond acceptors (Lipinski definition) is 3. The number of aliphatic hydroxyl groups is 1. The second kappa shape index (κ2) is 7.63. The van der Waals surface area contributed by atoms with Crippen molar-refractivity contribution in [3.63, 3.8) is 0 Å². The van der Waals surface area contributed by atoms with E-state index in [1.54, 1.807) is 0 Å². The van der Waals surface area contributed by atoms with Gasteiger partial charge in [-0.15, -0.1) is 0 Å². The van der Waals surface area contributed by atoms with Crippen molar-refractivity contribution in [2.75, 3.05) is 13.1 Å². The monoisotopic (exact) mass is 228 g/mol. The summed E-state index contributed by atoms with van der Waals surface area (Å²) in [5.41, 5.74) is 0. The summed E-state index contributed by atoms with van der Waals surface area (Å²) in [7, 11) is 0. The first-order valence-electron chi connectivity index (χ1n) is 6.42. The Labute approximate surface area is 97.8 Å². The summed E-state index contributed by atoms with van der Waals surface area (Å²) in [6.45, 7) is 3.46. The largest absolute Gasteiger partial charge is 0.392 e. The van der Waals surface area contributed by atoms with Crippen LogP contribution in [0.4, 0.5) is 0 Å². The lowest BCUT2D eigenvalue weighted by molar-refractivity contribution is -0.121. The van der Waals surface area contributed by atoms with E-state index in [4.69, 9.17) is 0 Å².